The van der Waals surface area contributed by atoms with E-state index in [0.29, 0.717) is 0 Å². The summed E-state index contributed by atoms with van der Waals surface area (Å²) in [7, 11) is 0. The first-order chi connectivity index (χ1) is 7.19. The van der Waals surface area contributed by atoms with Gasteiger partial charge in [0.15, 0.2) is 5.78 Å². The lowest BCUT2D eigenvalue weighted by molar-refractivity contribution is -0.141. The van der Waals surface area contributed by atoms with Gasteiger partial charge in [-0.2, -0.15) is 0 Å². The Labute approximate surface area is 86.2 Å². The van der Waals surface area contributed by atoms with Gasteiger partial charge in [-0.1, -0.05) is 18.7 Å². The fraction of sp³-hybridized carbons (Fsp3) is 0. The lowest BCUT2D eigenvalue weighted by Gasteiger charge is -2.04. The third-order valence-electron chi connectivity index (χ3n) is 1.64. The van der Waals surface area contributed by atoms with Crippen LogP contribution in [0.4, 0.5) is 0 Å². The van der Waals surface area contributed by atoms with Crippen LogP contribution in [0, 0.1) is 0 Å². The second-order valence-corrected chi connectivity index (χ2v) is 2.60. The van der Waals surface area contributed by atoms with Crippen molar-refractivity contribution in [3.63, 3.8) is 0 Å². The first-order valence-electron chi connectivity index (χ1n) is 4.12. The summed E-state index contributed by atoms with van der Waals surface area (Å²) in [6, 6.07) is 6.12. The van der Waals surface area contributed by atoms with Gasteiger partial charge >= 0.3 is 5.97 Å². The van der Waals surface area contributed by atoms with Crippen molar-refractivity contribution in [3.05, 3.63) is 42.5 Å². The monoisotopic (exact) mass is 204 g/mol. The minimum Gasteiger partial charge on any atom is -0.420 e. The number of hydrogen-bond acceptors (Lipinski definition) is 4. The van der Waals surface area contributed by atoms with Gasteiger partial charge in [-0.3, -0.25) is 9.59 Å². The molecule has 15 heavy (non-hydrogen) atoms. The molecule has 0 N–H and O–H groups in total. The molecule has 0 radical (unpaired) electrons. The molecule has 1 aromatic carbocycles. The van der Waals surface area contributed by atoms with E-state index in [1.807, 2.05) is 0 Å². The second-order valence-electron chi connectivity index (χ2n) is 2.60. The predicted molar refractivity (Wildman–Crippen MR) is 52.7 cm³/mol. The molecule has 0 heterocycles. The minimum absolute atomic E-state index is 0.0369. The lowest BCUT2D eigenvalue weighted by atomic mass is 10.1. The molecule has 4 nitrogen and oxygen atoms in total. The predicted octanol–water partition coefficient (Wildman–Crippen LogP) is 1.16. The maximum Gasteiger partial charge on any atom is 0.376 e. The molecule has 0 spiro atoms. The Morgan fingerprint density at radius 2 is 1.93 bits per heavy atom. The van der Waals surface area contributed by atoms with Crippen LogP contribution in [0.5, 0.6) is 5.75 Å². The Bertz CT molecular complexity index is 420. The van der Waals surface area contributed by atoms with Crippen LogP contribution < -0.4 is 4.74 Å². The van der Waals surface area contributed by atoms with E-state index in [0.717, 1.165) is 6.08 Å². The lowest BCUT2D eigenvalue weighted by Crippen LogP contribution is -2.11. The number of ether oxygens (including phenoxy) is 1. The number of allylic oxidation sites excluding steroid dienone is 1. The average molecular weight is 204 g/mol. The van der Waals surface area contributed by atoms with Crippen molar-refractivity contribution in [2.24, 2.45) is 0 Å². The summed E-state index contributed by atoms with van der Waals surface area (Å²) in [5.41, 5.74) is 0.197. The summed E-state index contributed by atoms with van der Waals surface area (Å²) in [6.45, 7) is 3.32. The molecule has 0 amide bonds. The Hall–Kier alpha value is -2.23. The van der Waals surface area contributed by atoms with Crippen molar-refractivity contribution in [2.45, 2.75) is 0 Å². The molecule has 0 atom stereocenters. The summed E-state index contributed by atoms with van der Waals surface area (Å²) in [6.07, 6.45) is 1.14. The van der Waals surface area contributed by atoms with Crippen LogP contribution in [-0.2, 0) is 9.59 Å². The molecule has 1 rings (SSSR count). The molecule has 0 aromatic heterocycles. The van der Waals surface area contributed by atoms with Gasteiger partial charge < -0.3 is 4.74 Å². The van der Waals surface area contributed by atoms with Gasteiger partial charge in [-0.15, -0.1) is 0 Å². The number of esters is 1. The molecule has 1 aromatic rings. The number of para-hydroxylation sites is 1. The van der Waals surface area contributed by atoms with Crippen molar-refractivity contribution >= 4 is 18.0 Å². The van der Waals surface area contributed by atoms with Crippen LogP contribution in [0.15, 0.2) is 36.9 Å². The van der Waals surface area contributed by atoms with Crippen LogP contribution in [0.2, 0.25) is 0 Å². The molecule has 0 aliphatic rings. The van der Waals surface area contributed by atoms with Crippen LogP contribution in [0.3, 0.4) is 0 Å². The van der Waals surface area contributed by atoms with Gasteiger partial charge in [0.05, 0.1) is 5.56 Å². The maximum absolute atomic E-state index is 11.3. The standard InChI is InChI=1S/C11H8O4/c1-2-9(13)8-5-3-4-6-10(8)15-11(14)7-12/h2-7H,1H2. The van der Waals surface area contributed by atoms with E-state index in [9.17, 15) is 14.4 Å². The Balaban J connectivity index is 3.06. The number of carbonyl (C=O) groups is 3. The van der Waals surface area contributed by atoms with E-state index >= 15 is 0 Å². The van der Waals surface area contributed by atoms with E-state index in [2.05, 4.69) is 11.3 Å². The molecule has 0 aliphatic carbocycles. The van der Waals surface area contributed by atoms with Crippen molar-refractivity contribution in [1.82, 2.24) is 0 Å². The largest absolute Gasteiger partial charge is 0.420 e. The number of benzene rings is 1. The van der Waals surface area contributed by atoms with Crippen LogP contribution in [0.1, 0.15) is 10.4 Å². The van der Waals surface area contributed by atoms with Gasteiger partial charge in [0.2, 0.25) is 6.29 Å². The van der Waals surface area contributed by atoms with E-state index in [4.69, 9.17) is 0 Å². The molecule has 76 valence electrons. The van der Waals surface area contributed by atoms with Crippen molar-refractivity contribution in [2.75, 3.05) is 0 Å². The Morgan fingerprint density at radius 3 is 2.53 bits per heavy atom. The number of hydrogen-bond donors (Lipinski definition) is 0. The van der Waals surface area contributed by atoms with Crippen LogP contribution in [0.25, 0.3) is 0 Å². The van der Waals surface area contributed by atoms with E-state index in [1.165, 1.54) is 12.1 Å². The summed E-state index contributed by atoms with van der Waals surface area (Å²) in [5, 5.41) is 0. The van der Waals surface area contributed by atoms with Crippen LogP contribution in [-0.4, -0.2) is 18.0 Å². The molecule has 0 aliphatic heterocycles. The van der Waals surface area contributed by atoms with Crippen molar-refractivity contribution in [3.8, 4) is 5.75 Å². The van der Waals surface area contributed by atoms with Crippen molar-refractivity contribution in [1.29, 1.82) is 0 Å². The molecular weight excluding hydrogens is 196 g/mol. The highest BCUT2D eigenvalue weighted by Crippen LogP contribution is 2.18. The highest BCUT2D eigenvalue weighted by atomic mass is 16.5. The number of aldehydes is 1. The third kappa shape index (κ3) is 2.60. The SMILES string of the molecule is C=CC(=O)c1ccccc1OC(=O)C=O. The van der Waals surface area contributed by atoms with Gasteiger partial charge in [-0.05, 0) is 18.2 Å². The highest BCUT2D eigenvalue weighted by molar-refractivity contribution is 6.21. The Kier molecular flexibility index (Phi) is 3.51. The van der Waals surface area contributed by atoms with Crippen molar-refractivity contribution < 1.29 is 19.1 Å². The Morgan fingerprint density at radius 1 is 1.27 bits per heavy atom. The van der Waals surface area contributed by atoms with E-state index in [-0.39, 0.29) is 23.4 Å². The zero-order chi connectivity index (χ0) is 11.3. The summed E-state index contributed by atoms with van der Waals surface area (Å²) >= 11 is 0. The molecular formula is C11H8O4. The molecule has 0 unspecified atom stereocenters. The molecule has 0 fully saturated rings. The zero-order valence-corrected chi connectivity index (χ0v) is 7.80. The normalized spacial score (nSPS) is 9.07. The molecule has 0 saturated carbocycles. The van der Waals surface area contributed by atoms with Gasteiger partial charge in [0.25, 0.3) is 0 Å². The second kappa shape index (κ2) is 4.85. The quantitative estimate of drug-likeness (QED) is 0.184. The van der Waals surface area contributed by atoms with Gasteiger partial charge in [-0.25, -0.2) is 4.79 Å². The molecule has 0 bridgehead atoms. The summed E-state index contributed by atoms with van der Waals surface area (Å²) in [4.78, 5) is 32.1. The van der Waals surface area contributed by atoms with Crippen LogP contribution >= 0.6 is 0 Å². The van der Waals surface area contributed by atoms with E-state index < -0.39 is 5.97 Å². The summed E-state index contributed by atoms with van der Waals surface area (Å²) < 4.78 is 4.64. The number of carbonyl (C=O) groups excluding carboxylic acids is 3. The van der Waals surface area contributed by atoms with Gasteiger partial charge in [0.1, 0.15) is 5.75 Å². The first-order valence-corrected chi connectivity index (χ1v) is 4.12. The fourth-order valence-corrected chi connectivity index (χ4v) is 1.00. The van der Waals surface area contributed by atoms with E-state index in [1.54, 1.807) is 12.1 Å². The highest BCUT2D eigenvalue weighted by Gasteiger charge is 2.11. The molecule has 0 saturated heterocycles. The third-order valence-corrected chi connectivity index (χ3v) is 1.64. The number of rotatable bonds is 4. The minimum atomic E-state index is -1.04. The first kappa shape index (κ1) is 10.8. The van der Waals surface area contributed by atoms with Gasteiger partial charge in [0, 0.05) is 0 Å². The fourth-order valence-electron chi connectivity index (χ4n) is 1.00. The smallest absolute Gasteiger partial charge is 0.376 e. The maximum atomic E-state index is 11.3. The summed E-state index contributed by atoms with van der Waals surface area (Å²) in [5.74, 6) is -1.36. The number of ketones is 1. The average Bonchev–Trinajstić information content (AvgIpc) is 2.28. The molecule has 4 heteroatoms. The topological polar surface area (TPSA) is 60.4 Å². The zero-order valence-electron chi connectivity index (χ0n) is 7.80.